The minimum absolute atomic E-state index is 0.0458. The maximum absolute atomic E-state index is 14.1. The van der Waals surface area contributed by atoms with Gasteiger partial charge >= 0.3 is 0 Å². The third-order valence-electron chi connectivity index (χ3n) is 6.89. The van der Waals surface area contributed by atoms with Crippen LogP contribution in [0.15, 0.2) is 65.6 Å². The molecule has 0 heterocycles. The standard InChI is InChI=1S/C31H36Cl2FN3O6S/c1-5-7-16-35-31(39)27(6-2)36(19-21-8-14-25(32)26(33)17-21)30(38)20-37(23-11-9-22(34)10-12-23)44(40,41)24-13-15-28(42-3)29(18-24)43-4/h8-15,17-18,27H,5-7,16,19-20H2,1-4H3,(H,35,39)/t27-/m1/s1. The Balaban J connectivity index is 2.09. The lowest BCUT2D eigenvalue weighted by atomic mass is 10.1. The largest absolute Gasteiger partial charge is 0.493 e. The average Bonchev–Trinajstić information content (AvgIpc) is 3.01. The molecule has 0 saturated carbocycles. The molecule has 0 unspecified atom stereocenters. The Morgan fingerprint density at radius 3 is 2.20 bits per heavy atom. The summed E-state index contributed by atoms with van der Waals surface area (Å²) in [6.07, 6.45) is 1.87. The molecular weight excluding hydrogens is 632 g/mol. The van der Waals surface area contributed by atoms with E-state index in [0.717, 1.165) is 29.3 Å². The summed E-state index contributed by atoms with van der Waals surface area (Å²) in [5.74, 6) is -1.15. The molecule has 2 amide bonds. The normalized spacial score (nSPS) is 11.9. The third kappa shape index (κ3) is 8.55. The monoisotopic (exact) mass is 667 g/mol. The number of hydrogen-bond acceptors (Lipinski definition) is 6. The zero-order chi connectivity index (χ0) is 32.4. The fourth-order valence-electron chi connectivity index (χ4n) is 4.50. The fourth-order valence-corrected chi connectivity index (χ4v) is 6.25. The molecule has 238 valence electrons. The maximum Gasteiger partial charge on any atom is 0.264 e. The summed E-state index contributed by atoms with van der Waals surface area (Å²) >= 11 is 12.3. The van der Waals surface area contributed by atoms with Gasteiger partial charge in [0.25, 0.3) is 10.0 Å². The van der Waals surface area contributed by atoms with Crippen molar-refractivity contribution in [1.82, 2.24) is 10.2 Å². The molecule has 44 heavy (non-hydrogen) atoms. The van der Waals surface area contributed by atoms with Crippen molar-refractivity contribution in [3.05, 3.63) is 82.1 Å². The number of unbranched alkanes of at least 4 members (excludes halogenated alkanes) is 1. The van der Waals surface area contributed by atoms with Crippen LogP contribution in [0.4, 0.5) is 10.1 Å². The number of methoxy groups -OCH3 is 2. The van der Waals surface area contributed by atoms with Gasteiger partial charge in [0.05, 0.1) is 34.8 Å². The predicted molar refractivity (Wildman–Crippen MR) is 169 cm³/mol. The molecule has 0 aromatic heterocycles. The van der Waals surface area contributed by atoms with E-state index < -0.39 is 34.3 Å². The van der Waals surface area contributed by atoms with Crippen molar-refractivity contribution in [2.75, 3.05) is 31.6 Å². The Morgan fingerprint density at radius 1 is 0.932 bits per heavy atom. The van der Waals surface area contributed by atoms with Gasteiger partial charge in [-0.25, -0.2) is 12.8 Å². The molecule has 0 radical (unpaired) electrons. The van der Waals surface area contributed by atoms with Crippen LogP contribution >= 0.6 is 23.2 Å². The van der Waals surface area contributed by atoms with Crippen LogP contribution in [0.3, 0.4) is 0 Å². The van der Waals surface area contributed by atoms with Crippen LogP contribution in [0.2, 0.25) is 10.0 Å². The molecule has 1 N–H and O–H groups in total. The van der Waals surface area contributed by atoms with Gasteiger partial charge in [0.2, 0.25) is 11.8 Å². The lowest BCUT2D eigenvalue weighted by Crippen LogP contribution is -2.52. The summed E-state index contributed by atoms with van der Waals surface area (Å²) in [7, 11) is -1.63. The van der Waals surface area contributed by atoms with E-state index >= 15 is 0 Å². The maximum atomic E-state index is 14.1. The Bertz CT molecular complexity index is 1560. The highest BCUT2D eigenvalue weighted by Crippen LogP contribution is 2.32. The molecule has 3 aromatic carbocycles. The number of benzene rings is 3. The van der Waals surface area contributed by atoms with Crippen molar-refractivity contribution in [3.8, 4) is 11.5 Å². The molecule has 0 aliphatic carbocycles. The summed E-state index contributed by atoms with van der Waals surface area (Å²) in [5, 5.41) is 3.45. The molecule has 9 nitrogen and oxygen atoms in total. The first-order chi connectivity index (χ1) is 21.0. The van der Waals surface area contributed by atoms with E-state index in [2.05, 4.69) is 5.32 Å². The van der Waals surface area contributed by atoms with Crippen molar-refractivity contribution in [1.29, 1.82) is 0 Å². The second kappa shape index (κ2) is 16.0. The van der Waals surface area contributed by atoms with Gasteiger partial charge < -0.3 is 19.7 Å². The predicted octanol–water partition coefficient (Wildman–Crippen LogP) is 6.07. The van der Waals surface area contributed by atoms with Gasteiger partial charge in [0.1, 0.15) is 18.4 Å². The van der Waals surface area contributed by atoms with Crippen LogP contribution in [0.25, 0.3) is 0 Å². The number of carbonyl (C=O) groups is 2. The van der Waals surface area contributed by atoms with Crippen molar-refractivity contribution in [2.45, 2.75) is 50.6 Å². The Morgan fingerprint density at radius 2 is 1.61 bits per heavy atom. The number of hydrogen-bond donors (Lipinski definition) is 1. The summed E-state index contributed by atoms with van der Waals surface area (Å²) in [6.45, 7) is 3.44. The summed E-state index contributed by atoms with van der Waals surface area (Å²) < 4.78 is 53.4. The molecule has 1 atom stereocenters. The topological polar surface area (TPSA) is 105 Å². The second-order valence-electron chi connectivity index (χ2n) is 9.84. The van der Waals surface area contributed by atoms with E-state index in [1.807, 2.05) is 6.92 Å². The molecule has 0 fully saturated rings. The minimum atomic E-state index is -4.42. The minimum Gasteiger partial charge on any atom is -0.493 e. The van der Waals surface area contributed by atoms with Gasteiger partial charge in [-0.1, -0.05) is 49.5 Å². The number of carbonyl (C=O) groups excluding carboxylic acids is 2. The zero-order valence-electron chi connectivity index (χ0n) is 25.0. The van der Waals surface area contributed by atoms with Crippen LogP contribution in [-0.2, 0) is 26.2 Å². The smallest absolute Gasteiger partial charge is 0.264 e. The van der Waals surface area contributed by atoms with Crippen LogP contribution < -0.4 is 19.1 Å². The van der Waals surface area contributed by atoms with E-state index in [0.29, 0.717) is 22.9 Å². The Labute approximate surface area is 267 Å². The van der Waals surface area contributed by atoms with Crippen LogP contribution in [0.1, 0.15) is 38.7 Å². The van der Waals surface area contributed by atoms with E-state index in [-0.39, 0.29) is 40.2 Å². The van der Waals surface area contributed by atoms with E-state index in [9.17, 15) is 22.4 Å². The number of nitrogens with zero attached hydrogens (tertiary/aromatic N) is 2. The molecular formula is C31H36Cl2FN3O6S. The van der Waals surface area contributed by atoms with Crippen molar-refractivity contribution < 1.29 is 31.9 Å². The van der Waals surface area contributed by atoms with Crippen molar-refractivity contribution in [3.63, 3.8) is 0 Å². The van der Waals surface area contributed by atoms with Gasteiger partial charge in [-0.15, -0.1) is 0 Å². The summed E-state index contributed by atoms with van der Waals surface area (Å²) in [5.41, 5.74) is 0.633. The molecule has 0 spiro atoms. The number of sulfonamides is 1. The number of anilines is 1. The highest BCUT2D eigenvalue weighted by molar-refractivity contribution is 7.92. The number of ether oxygens (including phenoxy) is 2. The zero-order valence-corrected chi connectivity index (χ0v) is 27.3. The highest BCUT2D eigenvalue weighted by Gasteiger charge is 2.34. The molecule has 0 aliphatic rings. The van der Waals surface area contributed by atoms with Gasteiger partial charge in [-0.05, 0) is 66.9 Å². The highest BCUT2D eigenvalue weighted by atomic mass is 35.5. The molecule has 3 rings (SSSR count). The number of rotatable bonds is 15. The number of halogens is 3. The van der Waals surface area contributed by atoms with E-state index in [1.165, 1.54) is 49.5 Å². The first kappa shape index (κ1) is 34.9. The number of amides is 2. The van der Waals surface area contributed by atoms with Gasteiger partial charge in [0.15, 0.2) is 11.5 Å². The lowest BCUT2D eigenvalue weighted by Gasteiger charge is -2.33. The number of nitrogens with one attached hydrogen (secondary N) is 1. The molecule has 0 aliphatic heterocycles. The van der Waals surface area contributed by atoms with Crippen molar-refractivity contribution in [2.24, 2.45) is 0 Å². The first-order valence-electron chi connectivity index (χ1n) is 14.0. The Hall–Kier alpha value is -3.54. The summed E-state index contributed by atoms with van der Waals surface area (Å²) in [4.78, 5) is 28.6. The first-order valence-corrected chi connectivity index (χ1v) is 16.2. The van der Waals surface area contributed by atoms with Gasteiger partial charge in [-0.3, -0.25) is 13.9 Å². The molecule has 13 heteroatoms. The van der Waals surface area contributed by atoms with Gasteiger partial charge in [-0.2, -0.15) is 0 Å². The van der Waals surface area contributed by atoms with Crippen LogP contribution in [0.5, 0.6) is 11.5 Å². The van der Waals surface area contributed by atoms with Crippen molar-refractivity contribution >= 4 is 50.7 Å². The fraction of sp³-hybridized carbons (Fsp3) is 0.355. The SMILES string of the molecule is CCCCNC(=O)[C@@H](CC)N(Cc1ccc(Cl)c(Cl)c1)C(=O)CN(c1ccc(F)cc1)S(=O)(=O)c1ccc(OC)c(OC)c1. The quantitative estimate of drug-likeness (QED) is 0.197. The van der Waals surface area contributed by atoms with E-state index in [1.54, 1.807) is 25.1 Å². The molecule has 0 bridgehead atoms. The third-order valence-corrected chi connectivity index (χ3v) is 9.40. The van der Waals surface area contributed by atoms with Crippen LogP contribution in [0, 0.1) is 5.82 Å². The molecule has 0 saturated heterocycles. The van der Waals surface area contributed by atoms with Crippen LogP contribution in [-0.4, -0.2) is 58.5 Å². The van der Waals surface area contributed by atoms with Gasteiger partial charge in [0, 0.05) is 19.2 Å². The Kier molecular flexibility index (Phi) is 12.7. The average molecular weight is 669 g/mol. The molecule has 3 aromatic rings. The lowest BCUT2D eigenvalue weighted by molar-refractivity contribution is -0.140. The second-order valence-corrected chi connectivity index (χ2v) is 12.5. The summed E-state index contributed by atoms with van der Waals surface area (Å²) in [6, 6.07) is 12.7. The van der Waals surface area contributed by atoms with E-state index in [4.69, 9.17) is 32.7 Å².